The van der Waals surface area contributed by atoms with Crippen molar-refractivity contribution in [2.75, 3.05) is 31.1 Å². The monoisotopic (exact) mass is 276 g/mol. The van der Waals surface area contributed by atoms with Gasteiger partial charge in [-0.2, -0.15) is 0 Å². The van der Waals surface area contributed by atoms with Crippen molar-refractivity contribution in [1.82, 2.24) is 9.88 Å². The van der Waals surface area contributed by atoms with Crippen LogP contribution in [-0.4, -0.2) is 47.9 Å². The Bertz CT molecular complexity index is 508. The summed E-state index contributed by atoms with van der Waals surface area (Å²) in [5.74, 6) is 0.416. The number of carbonyl (C=O) groups excluding carboxylic acids is 2. The summed E-state index contributed by atoms with van der Waals surface area (Å²) in [6.07, 6.45) is 0. The van der Waals surface area contributed by atoms with Gasteiger partial charge >= 0.3 is 0 Å². The number of rotatable bonds is 3. The van der Waals surface area contributed by atoms with Crippen molar-refractivity contribution in [2.24, 2.45) is 11.7 Å². The van der Waals surface area contributed by atoms with Crippen molar-refractivity contribution in [3.8, 4) is 0 Å². The lowest BCUT2D eigenvalue weighted by Crippen LogP contribution is -2.50. The highest BCUT2D eigenvalue weighted by Gasteiger charge is 2.23. The van der Waals surface area contributed by atoms with Crippen LogP contribution in [0.1, 0.15) is 24.3 Å². The fourth-order valence-electron chi connectivity index (χ4n) is 2.26. The van der Waals surface area contributed by atoms with E-state index in [-0.39, 0.29) is 17.5 Å². The highest BCUT2D eigenvalue weighted by atomic mass is 16.2. The van der Waals surface area contributed by atoms with Crippen LogP contribution in [0.3, 0.4) is 0 Å². The second-order valence-electron chi connectivity index (χ2n) is 5.21. The first-order valence-corrected chi connectivity index (χ1v) is 6.79. The minimum Gasteiger partial charge on any atom is -0.364 e. The van der Waals surface area contributed by atoms with Crippen LogP contribution in [0.5, 0.6) is 0 Å². The molecule has 2 heterocycles. The van der Waals surface area contributed by atoms with E-state index in [1.165, 1.54) is 0 Å². The molecule has 6 nitrogen and oxygen atoms in total. The van der Waals surface area contributed by atoms with Gasteiger partial charge in [0.1, 0.15) is 11.5 Å². The van der Waals surface area contributed by atoms with Crippen LogP contribution in [0, 0.1) is 5.92 Å². The van der Waals surface area contributed by atoms with E-state index in [1.54, 1.807) is 12.1 Å². The molecule has 0 radical (unpaired) electrons. The van der Waals surface area contributed by atoms with Gasteiger partial charge in [-0.15, -0.1) is 0 Å². The molecule has 108 valence electrons. The van der Waals surface area contributed by atoms with Crippen molar-refractivity contribution in [2.45, 2.75) is 13.8 Å². The number of pyridine rings is 1. The smallest absolute Gasteiger partial charge is 0.267 e. The maximum atomic E-state index is 11.9. The molecule has 2 amide bonds. The number of nitrogens with zero attached hydrogens (tertiary/aromatic N) is 3. The number of nitrogens with two attached hydrogens (primary N) is 1. The molecule has 2 rings (SSSR count). The van der Waals surface area contributed by atoms with E-state index < -0.39 is 5.91 Å². The van der Waals surface area contributed by atoms with Crippen molar-refractivity contribution in [1.29, 1.82) is 0 Å². The summed E-state index contributed by atoms with van der Waals surface area (Å²) < 4.78 is 0. The molecule has 0 aliphatic carbocycles. The predicted octanol–water partition coefficient (Wildman–Crippen LogP) is 0.485. The Kier molecular flexibility index (Phi) is 4.22. The van der Waals surface area contributed by atoms with Crippen LogP contribution in [0.25, 0.3) is 0 Å². The Hall–Kier alpha value is -2.11. The summed E-state index contributed by atoms with van der Waals surface area (Å²) in [5.41, 5.74) is 5.50. The zero-order valence-corrected chi connectivity index (χ0v) is 11.9. The zero-order chi connectivity index (χ0) is 14.7. The summed E-state index contributed by atoms with van der Waals surface area (Å²) in [5, 5.41) is 0. The molecule has 1 fully saturated rings. The van der Waals surface area contributed by atoms with Gasteiger partial charge in [-0.1, -0.05) is 19.9 Å². The SMILES string of the molecule is CC(C)C(=O)N1CCN(c2cccc(C(N)=O)n2)CC1. The fraction of sp³-hybridized carbons (Fsp3) is 0.500. The third kappa shape index (κ3) is 3.07. The molecule has 0 aromatic carbocycles. The third-order valence-corrected chi connectivity index (χ3v) is 3.40. The van der Waals surface area contributed by atoms with Gasteiger partial charge in [0.25, 0.3) is 5.91 Å². The number of primary amides is 1. The van der Waals surface area contributed by atoms with Gasteiger partial charge in [-0.3, -0.25) is 9.59 Å². The minimum absolute atomic E-state index is 0.0258. The second-order valence-corrected chi connectivity index (χ2v) is 5.21. The largest absolute Gasteiger partial charge is 0.364 e. The number of aromatic nitrogens is 1. The van der Waals surface area contributed by atoms with Crippen LogP contribution in [0.4, 0.5) is 5.82 Å². The number of anilines is 1. The Balaban J connectivity index is 2.02. The first-order chi connectivity index (χ1) is 9.49. The number of carbonyl (C=O) groups is 2. The van der Waals surface area contributed by atoms with Gasteiger partial charge in [0, 0.05) is 32.1 Å². The van der Waals surface area contributed by atoms with Crippen LogP contribution in [-0.2, 0) is 4.79 Å². The number of piperazine rings is 1. The van der Waals surface area contributed by atoms with E-state index in [0.29, 0.717) is 26.2 Å². The van der Waals surface area contributed by atoms with Crippen LogP contribution >= 0.6 is 0 Å². The molecular weight excluding hydrogens is 256 g/mol. The van der Waals surface area contributed by atoms with Crippen LogP contribution < -0.4 is 10.6 Å². The highest BCUT2D eigenvalue weighted by molar-refractivity contribution is 5.91. The average Bonchev–Trinajstić information content (AvgIpc) is 2.46. The van der Waals surface area contributed by atoms with Crippen LogP contribution in [0.2, 0.25) is 0 Å². The molecule has 1 aromatic heterocycles. The lowest BCUT2D eigenvalue weighted by Gasteiger charge is -2.36. The average molecular weight is 276 g/mol. The summed E-state index contributed by atoms with van der Waals surface area (Å²) >= 11 is 0. The number of hydrogen-bond acceptors (Lipinski definition) is 4. The lowest BCUT2D eigenvalue weighted by atomic mass is 10.1. The molecule has 6 heteroatoms. The molecular formula is C14H20N4O2. The number of amides is 2. The highest BCUT2D eigenvalue weighted by Crippen LogP contribution is 2.15. The molecule has 0 unspecified atom stereocenters. The van der Waals surface area contributed by atoms with Gasteiger partial charge in [0.2, 0.25) is 5.91 Å². The predicted molar refractivity (Wildman–Crippen MR) is 76.4 cm³/mol. The maximum Gasteiger partial charge on any atom is 0.267 e. The van der Waals surface area contributed by atoms with Gasteiger partial charge < -0.3 is 15.5 Å². The van der Waals surface area contributed by atoms with Crippen molar-refractivity contribution in [3.05, 3.63) is 23.9 Å². The fourth-order valence-corrected chi connectivity index (χ4v) is 2.26. The Morgan fingerprint density at radius 2 is 1.85 bits per heavy atom. The molecule has 1 aliphatic rings. The zero-order valence-electron chi connectivity index (χ0n) is 11.9. The first-order valence-electron chi connectivity index (χ1n) is 6.79. The lowest BCUT2D eigenvalue weighted by molar-refractivity contribution is -0.134. The van der Waals surface area contributed by atoms with E-state index >= 15 is 0 Å². The van der Waals surface area contributed by atoms with Gasteiger partial charge in [0.15, 0.2) is 0 Å². The van der Waals surface area contributed by atoms with Crippen LogP contribution in [0.15, 0.2) is 18.2 Å². The standard InChI is InChI=1S/C14H20N4O2/c1-10(2)14(20)18-8-6-17(7-9-18)12-5-3-4-11(16-12)13(15)19/h3-5,10H,6-9H2,1-2H3,(H2,15,19). The summed E-state index contributed by atoms with van der Waals surface area (Å²) in [7, 11) is 0. The summed E-state index contributed by atoms with van der Waals surface area (Å²) in [6.45, 7) is 6.61. The molecule has 1 saturated heterocycles. The van der Waals surface area contributed by atoms with E-state index in [4.69, 9.17) is 5.73 Å². The van der Waals surface area contributed by atoms with Gasteiger partial charge in [-0.05, 0) is 12.1 Å². The Labute approximate surface area is 118 Å². The van der Waals surface area contributed by atoms with E-state index in [1.807, 2.05) is 24.8 Å². The van der Waals surface area contributed by atoms with Crippen molar-refractivity contribution < 1.29 is 9.59 Å². The molecule has 20 heavy (non-hydrogen) atoms. The Morgan fingerprint density at radius 3 is 2.40 bits per heavy atom. The molecule has 2 N–H and O–H groups in total. The maximum absolute atomic E-state index is 11.9. The topological polar surface area (TPSA) is 79.5 Å². The van der Waals surface area contributed by atoms with E-state index in [9.17, 15) is 9.59 Å². The quantitative estimate of drug-likeness (QED) is 0.871. The van der Waals surface area contributed by atoms with Crippen molar-refractivity contribution >= 4 is 17.6 Å². The molecule has 0 bridgehead atoms. The first kappa shape index (κ1) is 14.3. The molecule has 0 spiro atoms. The molecule has 1 aliphatic heterocycles. The molecule has 0 atom stereocenters. The molecule has 1 aromatic rings. The van der Waals surface area contributed by atoms with E-state index in [0.717, 1.165) is 5.82 Å². The third-order valence-electron chi connectivity index (χ3n) is 3.40. The second kappa shape index (κ2) is 5.90. The number of hydrogen-bond donors (Lipinski definition) is 1. The Morgan fingerprint density at radius 1 is 1.20 bits per heavy atom. The summed E-state index contributed by atoms with van der Waals surface area (Å²) in [6, 6.07) is 5.23. The summed E-state index contributed by atoms with van der Waals surface area (Å²) in [4.78, 5) is 31.2. The minimum atomic E-state index is -0.527. The van der Waals surface area contributed by atoms with Crippen molar-refractivity contribution in [3.63, 3.8) is 0 Å². The molecule has 0 saturated carbocycles. The van der Waals surface area contributed by atoms with Gasteiger partial charge in [-0.25, -0.2) is 4.98 Å². The van der Waals surface area contributed by atoms with E-state index in [2.05, 4.69) is 9.88 Å². The van der Waals surface area contributed by atoms with Gasteiger partial charge in [0.05, 0.1) is 0 Å². The normalized spacial score (nSPS) is 15.6.